The van der Waals surface area contributed by atoms with Crippen molar-refractivity contribution in [2.45, 2.75) is 18.3 Å². The van der Waals surface area contributed by atoms with Gasteiger partial charge in [0.25, 0.3) is 0 Å². The van der Waals surface area contributed by atoms with Crippen LogP contribution >= 0.6 is 0 Å². The summed E-state index contributed by atoms with van der Waals surface area (Å²) in [4.78, 5) is 23.6. The number of methoxy groups -OCH3 is 1. The Labute approximate surface area is 142 Å². The third kappa shape index (κ3) is 3.89. The summed E-state index contributed by atoms with van der Waals surface area (Å²) in [5.41, 5.74) is -4.63. The smallest absolute Gasteiger partial charge is 0.404 e. The highest BCUT2D eigenvalue weighted by Gasteiger charge is 2.59. The first-order valence-electron chi connectivity index (χ1n) is 6.92. The average molecular weight is 380 g/mol. The zero-order valence-electron chi connectivity index (χ0n) is 12.9. The molecule has 0 atom stereocenters. The Morgan fingerprint density at radius 2 is 1.58 bits per heavy atom. The molecule has 0 aliphatic carbocycles. The van der Waals surface area contributed by atoms with Gasteiger partial charge in [0.05, 0.1) is 7.11 Å². The molecule has 0 unspecified atom stereocenters. The number of hydrogen-bond acceptors (Lipinski definition) is 4. The molecule has 1 heterocycles. The van der Waals surface area contributed by atoms with E-state index in [0.29, 0.717) is 13.2 Å². The van der Waals surface area contributed by atoms with Gasteiger partial charge in [-0.1, -0.05) is 30.3 Å². The molecule has 10 heteroatoms. The highest BCUT2D eigenvalue weighted by Crippen LogP contribution is 2.47. The summed E-state index contributed by atoms with van der Waals surface area (Å²) in [6.07, 6.45) is -11.6. The number of rotatable bonds is 3. The summed E-state index contributed by atoms with van der Waals surface area (Å²) in [6.45, 7) is 0. The van der Waals surface area contributed by atoms with E-state index in [2.05, 4.69) is 4.74 Å². The van der Waals surface area contributed by atoms with Crippen molar-refractivity contribution in [1.29, 1.82) is 0 Å². The van der Waals surface area contributed by atoms with Gasteiger partial charge in [0.2, 0.25) is 0 Å². The number of ether oxygens (including phenoxy) is 1. The van der Waals surface area contributed by atoms with Gasteiger partial charge in [-0.15, -0.1) is 0 Å². The van der Waals surface area contributed by atoms with Crippen LogP contribution in [0.4, 0.5) is 26.3 Å². The molecule has 0 fully saturated rings. The third-order valence-electron chi connectivity index (χ3n) is 3.40. The standard InChI is InChI=1S/C16H10F6O4/c1-25-13(23)11-9(12(15(17,18)19)16(20,21)22)7-10(26-14(11)24)8-5-3-2-4-6-8/h2-7,12H,1H3. The van der Waals surface area contributed by atoms with Crippen molar-refractivity contribution in [3.8, 4) is 11.3 Å². The van der Waals surface area contributed by atoms with Crippen LogP contribution in [0.5, 0.6) is 0 Å². The van der Waals surface area contributed by atoms with Crippen LogP contribution in [0.15, 0.2) is 45.6 Å². The third-order valence-corrected chi connectivity index (χ3v) is 3.40. The number of benzene rings is 1. The highest BCUT2D eigenvalue weighted by atomic mass is 19.4. The van der Waals surface area contributed by atoms with Gasteiger partial charge in [-0.2, -0.15) is 26.3 Å². The quantitative estimate of drug-likeness (QED) is 0.589. The van der Waals surface area contributed by atoms with Crippen LogP contribution in [-0.2, 0) is 4.74 Å². The molecule has 2 rings (SSSR count). The number of hydrogen-bond donors (Lipinski definition) is 0. The second kappa shape index (κ2) is 6.85. The summed E-state index contributed by atoms with van der Waals surface area (Å²) >= 11 is 0. The van der Waals surface area contributed by atoms with Crippen molar-refractivity contribution in [3.63, 3.8) is 0 Å². The maximum Gasteiger partial charge on any atom is 0.404 e. The largest absolute Gasteiger partial charge is 0.465 e. The fourth-order valence-electron chi connectivity index (χ4n) is 2.33. The van der Waals surface area contributed by atoms with Crippen molar-refractivity contribution < 1.29 is 40.3 Å². The lowest BCUT2D eigenvalue weighted by Crippen LogP contribution is -2.37. The highest BCUT2D eigenvalue weighted by molar-refractivity contribution is 5.91. The monoisotopic (exact) mass is 380 g/mol. The minimum Gasteiger partial charge on any atom is -0.465 e. The van der Waals surface area contributed by atoms with Gasteiger partial charge in [0.1, 0.15) is 11.3 Å². The van der Waals surface area contributed by atoms with Crippen molar-refractivity contribution in [1.82, 2.24) is 0 Å². The summed E-state index contributed by atoms with van der Waals surface area (Å²) in [7, 11) is 0.715. The van der Waals surface area contributed by atoms with Crippen LogP contribution in [0.1, 0.15) is 21.8 Å². The number of alkyl halides is 6. The molecule has 0 saturated carbocycles. The van der Waals surface area contributed by atoms with Crippen molar-refractivity contribution in [2.75, 3.05) is 7.11 Å². The number of carbonyl (C=O) groups excluding carboxylic acids is 1. The molecule has 26 heavy (non-hydrogen) atoms. The van der Waals surface area contributed by atoms with Crippen LogP contribution < -0.4 is 5.63 Å². The Balaban J connectivity index is 2.85. The summed E-state index contributed by atoms with van der Waals surface area (Å²) in [5.74, 6) is -6.26. The molecule has 0 aliphatic heterocycles. The van der Waals surface area contributed by atoms with Crippen LogP contribution in [0.2, 0.25) is 0 Å². The molecule has 0 radical (unpaired) electrons. The van der Waals surface area contributed by atoms with E-state index >= 15 is 0 Å². The van der Waals surface area contributed by atoms with Crippen LogP contribution in [0.25, 0.3) is 11.3 Å². The maximum absolute atomic E-state index is 13.1. The van der Waals surface area contributed by atoms with E-state index in [-0.39, 0.29) is 5.56 Å². The lowest BCUT2D eigenvalue weighted by molar-refractivity contribution is -0.253. The molecular weight excluding hydrogens is 370 g/mol. The first-order valence-corrected chi connectivity index (χ1v) is 6.92. The van der Waals surface area contributed by atoms with Crippen LogP contribution in [0.3, 0.4) is 0 Å². The molecule has 4 nitrogen and oxygen atoms in total. The fraction of sp³-hybridized carbons (Fsp3) is 0.250. The van der Waals surface area contributed by atoms with E-state index in [9.17, 15) is 35.9 Å². The van der Waals surface area contributed by atoms with E-state index in [1.54, 1.807) is 6.07 Å². The number of esters is 1. The maximum atomic E-state index is 13.1. The molecule has 0 bridgehead atoms. The minimum absolute atomic E-state index is 0.0605. The van der Waals surface area contributed by atoms with E-state index in [0.717, 1.165) is 0 Å². The van der Waals surface area contributed by atoms with Gasteiger partial charge in [-0.3, -0.25) is 0 Å². The topological polar surface area (TPSA) is 56.5 Å². The zero-order valence-corrected chi connectivity index (χ0v) is 12.9. The number of halogens is 6. The number of carbonyl (C=O) groups is 1. The summed E-state index contributed by atoms with van der Waals surface area (Å²) in [6, 6.07) is 7.43. The summed E-state index contributed by atoms with van der Waals surface area (Å²) in [5, 5.41) is 0. The zero-order chi connectivity index (χ0) is 19.7. The van der Waals surface area contributed by atoms with Crippen LogP contribution in [0, 0.1) is 0 Å². The normalized spacial score (nSPS) is 12.3. The van der Waals surface area contributed by atoms with E-state index in [4.69, 9.17) is 4.42 Å². The van der Waals surface area contributed by atoms with Gasteiger partial charge >= 0.3 is 23.9 Å². The molecule has 1 aromatic carbocycles. The predicted molar refractivity (Wildman–Crippen MR) is 76.6 cm³/mol. The van der Waals surface area contributed by atoms with E-state index in [1.165, 1.54) is 24.3 Å². The van der Waals surface area contributed by atoms with Gasteiger partial charge in [-0.25, -0.2) is 9.59 Å². The van der Waals surface area contributed by atoms with Gasteiger partial charge in [-0.05, 0) is 11.6 Å². The molecule has 0 N–H and O–H groups in total. The lowest BCUT2D eigenvalue weighted by Gasteiger charge is -2.24. The first kappa shape index (κ1) is 19.5. The molecule has 0 saturated heterocycles. The van der Waals surface area contributed by atoms with E-state index < -0.39 is 46.8 Å². The fourth-order valence-corrected chi connectivity index (χ4v) is 2.33. The Kier molecular flexibility index (Phi) is 5.15. The molecule has 0 aliphatic rings. The first-order chi connectivity index (χ1) is 12.0. The molecular formula is C16H10F6O4. The Morgan fingerprint density at radius 3 is 2.04 bits per heavy atom. The molecule has 0 spiro atoms. The van der Waals surface area contributed by atoms with E-state index in [1.807, 2.05) is 0 Å². The Bertz CT molecular complexity index is 838. The van der Waals surface area contributed by atoms with Gasteiger partial charge in [0.15, 0.2) is 5.92 Å². The Morgan fingerprint density at radius 1 is 1.04 bits per heavy atom. The average Bonchev–Trinajstić information content (AvgIpc) is 2.52. The van der Waals surface area contributed by atoms with Gasteiger partial charge in [0, 0.05) is 5.56 Å². The predicted octanol–water partition coefficient (Wildman–Crippen LogP) is 4.30. The molecule has 2 aromatic rings. The second-order valence-corrected chi connectivity index (χ2v) is 5.10. The molecule has 1 aromatic heterocycles. The second-order valence-electron chi connectivity index (χ2n) is 5.10. The molecule has 140 valence electrons. The SMILES string of the molecule is COC(=O)c1c(C(C(F)(F)F)C(F)(F)F)cc(-c2ccccc2)oc1=O. The summed E-state index contributed by atoms with van der Waals surface area (Å²) < 4.78 is 87.5. The van der Waals surface area contributed by atoms with Gasteiger partial charge < -0.3 is 9.15 Å². The molecule has 0 amide bonds. The van der Waals surface area contributed by atoms with Crippen molar-refractivity contribution in [2.24, 2.45) is 0 Å². The van der Waals surface area contributed by atoms with Crippen LogP contribution in [-0.4, -0.2) is 25.4 Å². The minimum atomic E-state index is -5.80. The van der Waals surface area contributed by atoms with Crippen molar-refractivity contribution >= 4 is 5.97 Å². The Hall–Kier alpha value is -2.78. The lowest BCUT2D eigenvalue weighted by atomic mass is 9.93. The van der Waals surface area contributed by atoms with Crippen molar-refractivity contribution in [3.05, 3.63) is 57.9 Å².